The van der Waals surface area contributed by atoms with Crippen molar-refractivity contribution in [3.05, 3.63) is 23.4 Å². The van der Waals surface area contributed by atoms with E-state index in [1.54, 1.807) is 0 Å². The van der Waals surface area contributed by atoms with Crippen molar-refractivity contribution in [1.82, 2.24) is 14.8 Å². The SMILES string of the molecule is CC1CC(C(=O)N2CCc3ccc(OCCN4CCOCC4)nc3CC2)C1. The lowest BCUT2D eigenvalue weighted by atomic mass is 9.75. The molecule has 0 radical (unpaired) electrons. The molecule has 1 amide bonds. The van der Waals surface area contributed by atoms with Gasteiger partial charge in [0.2, 0.25) is 11.8 Å². The summed E-state index contributed by atoms with van der Waals surface area (Å²) in [5, 5.41) is 0. The minimum Gasteiger partial charge on any atom is -0.476 e. The van der Waals surface area contributed by atoms with E-state index in [0.717, 1.165) is 77.3 Å². The van der Waals surface area contributed by atoms with Crippen LogP contribution in [0.25, 0.3) is 0 Å². The molecule has 6 nitrogen and oxygen atoms in total. The number of aromatic nitrogens is 1. The van der Waals surface area contributed by atoms with Crippen LogP contribution in [0.1, 0.15) is 31.0 Å². The molecule has 3 aliphatic rings. The van der Waals surface area contributed by atoms with Crippen molar-refractivity contribution in [1.29, 1.82) is 0 Å². The minimum absolute atomic E-state index is 0.258. The highest BCUT2D eigenvalue weighted by atomic mass is 16.5. The Hall–Kier alpha value is -1.66. The maximum absolute atomic E-state index is 12.7. The van der Waals surface area contributed by atoms with Crippen LogP contribution in [0.4, 0.5) is 0 Å². The highest BCUT2D eigenvalue weighted by molar-refractivity contribution is 5.79. The van der Waals surface area contributed by atoms with Gasteiger partial charge in [-0.3, -0.25) is 9.69 Å². The molecule has 0 unspecified atom stereocenters. The average molecular weight is 373 g/mol. The summed E-state index contributed by atoms with van der Waals surface area (Å²) in [6, 6.07) is 4.11. The molecule has 3 heterocycles. The second-order valence-corrected chi connectivity index (χ2v) is 8.16. The summed E-state index contributed by atoms with van der Waals surface area (Å²) in [4.78, 5) is 21.8. The standard InChI is InChI=1S/C21H31N3O3/c1-16-14-18(15-16)21(25)24-6-4-17-2-3-20(22-19(17)5-7-24)27-13-10-23-8-11-26-12-9-23/h2-3,16,18H,4-15H2,1H3. The summed E-state index contributed by atoms with van der Waals surface area (Å²) >= 11 is 0. The smallest absolute Gasteiger partial charge is 0.225 e. The van der Waals surface area contributed by atoms with Gasteiger partial charge in [0.1, 0.15) is 6.61 Å². The first-order chi connectivity index (χ1) is 13.2. The molecule has 1 saturated heterocycles. The predicted molar refractivity (Wildman–Crippen MR) is 103 cm³/mol. The number of nitrogens with zero attached hydrogens (tertiary/aromatic N) is 3. The number of carbonyl (C=O) groups excluding carboxylic acids is 1. The average Bonchev–Trinajstić information content (AvgIpc) is 2.88. The van der Waals surface area contributed by atoms with E-state index in [0.29, 0.717) is 24.3 Å². The maximum Gasteiger partial charge on any atom is 0.225 e. The Morgan fingerprint density at radius 2 is 1.96 bits per heavy atom. The van der Waals surface area contributed by atoms with Crippen molar-refractivity contribution in [2.45, 2.75) is 32.6 Å². The van der Waals surface area contributed by atoms with E-state index in [2.05, 4.69) is 22.8 Å². The molecule has 0 atom stereocenters. The zero-order valence-corrected chi connectivity index (χ0v) is 16.4. The van der Waals surface area contributed by atoms with Gasteiger partial charge in [0.25, 0.3) is 0 Å². The number of ether oxygens (including phenoxy) is 2. The van der Waals surface area contributed by atoms with E-state index < -0.39 is 0 Å². The van der Waals surface area contributed by atoms with E-state index in [1.165, 1.54) is 5.56 Å². The zero-order chi connectivity index (χ0) is 18.6. The summed E-state index contributed by atoms with van der Waals surface area (Å²) in [7, 11) is 0. The van der Waals surface area contributed by atoms with E-state index in [4.69, 9.17) is 14.5 Å². The molecule has 27 heavy (non-hydrogen) atoms. The number of rotatable bonds is 5. The van der Waals surface area contributed by atoms with Crippen molar-refractivity contribution in [3.63, 3.8) is 0 Å². The molecule has 6 heteroatoms. The molecule has 2 fully saturated rings. The maximum atomic E-state index is 12.7. The lowest BCUT2D eigenvalue weighted by molar-refractivity contribution is -0.139. The Kier molecular flexibility index (Phi) is 5.93. The third kappa shape index (κ3) is 4.61. The van der Waals surface area contributed by atoms with Crippen molar-refractivity contribution < 1.29 is 14.3 Å². The van der Waals surface area contributed by atoms with Crippen LogP contribution in [0.5, 0.6) is 5.88 Å². The first-order valence-electron chi connectivity index (χ1n) is 10.4. The normalized spacial score (nSPS) is 26.0. The number of fused-ring (bicyclic) bond motifs is 1. The first kappa shape index (κ1) is 18.7. The molecule has 148 valence electrons. The van der Waals surface area contributed by atoms with Crippen LogP contribution in [-0.2, 0) is 22.4 Å². The number of morpholine rings is 1. The van der Waals surface area contributed by atoms with Gasteiger partial charge in [0.05, 0.1) is 13.2 Å². The predicted octanol–water partition coefficient (Wildman–Crippen LogP) is 1.77. The van der Waals surface area contributed by atoms with Gasteiger partial charge in [0, 0.05) is 56.8 Å². The van der Waals surface area contributed by atoms with Crippen LogP contribution >= 0.6 is 0 Å². The molecule has 1 aromatic rings. The second kappa shape index (κ2) is 8.57. The molecular formula is C21H31N3O3. The quantitative estimate of drug-likeness (QED) is 0.787. The Morgan fingerprint density at radius 1 is 1.19 bits per heavy atom. The summed E-state index contributed by atoms with van der Waals surface area (Å²) in [5.74, 6) is 2.02. The lowest BCUT2D eigenvalue weighted by Gasteiger charge is -2.35. The third-order valence-corrected chi connectivity index (χ3v) is 6.11. The van der Waals surface area contributed by atoms with Crippen molar-refractivity contribution >= 4 is 5.91 Å². The number of hydrogen-bond acceptors (Lipinski definition) is 5. The molecule has 0 spiro atoms. The highest BCUT2D eigenvalue weighted by Gasteiger charge is 2.34. The molecule has 2 aliphatic heterocycles. The van der Waals surface area contributed by atoms with Gasteiger partial charge in [-0.05, 0) is 30.7 Å². The molecule has 0 N–H and O–H groups in total. The van der Waals surface area contributed by atoms with Crippen LogP contribution in [0.15, 0.2) is 12.1 Å². The van der Waals surface area contributed by atoms with Crippen LogP contribution in [0.3, 0.4) is 0 Å². The van der Waals surface area contributed by atoms with Crippen molar-refractivity contribution in [3.8, 4) is 5.88 Å². The zero-order valence-electron chi connectivity index (χ0n) is 16.4. The van der Waals surface area contributed by atoms with E-state index in [9.17, 15) is 4.79 Å². The summed E-state index contributed by atoms with van der Waals surface area (Å²) < 4.78 is 11.3. The van der Waals surface area contributed by atoms with Gasteiger partial charge >= 0.3 is 0 Å². The first-order valence-corrected chi connectivity index (χ1v) is 10.4. The Labute approximate surface area is 161 Å². The highest BCUT2D eigenvalue weighted by Crippen LogP contribution is 2.34. The van der Waals surface area contributed by atoms with Crippen LogP contribution in [-0.4, -0.2) is 73.2 Å². The molecule has 0 aromatic carbocycles. The van der Waals surface area contributed by atoms with E-state index >= 15 is 0 Å². The molecule has 1 saturated carbocycles. The topological polar surface area (TPSA) is 54.9 Å². The fraction of sp³-hybridized carbons (Fsp3) is 0.714. The summed E-state index contributed by atoms with van der Waals surface area (Å²) in [6.45, 7) is 8.96. The number of hydrogen-bond donors (Lipinski definition) is 0. The van der Waals surface area contributed by atoms with Gasteiger partial charge < -0.3 is 14.4 Å². The second-order valence-electron chi connectivity index (χ2n) is 8.16. The number of pyridine rings is 1. The van der Waals surface area contributed by atoms with Crippen LogP contribution in [0.2, 0.25) is 0 Å². The largest absolute Gasteiger partial charge is 0.476 e. The van der Waals surface area contributed by atoms with Crippen LogP contribution < -0.4 is 4.74 Å². The minimum atomic E-state index is 0.258. The van der Waals surface area contributed by atoms with Gasteiger partial charge in [0.15, 0.2) is 0 Å². The van der Waals surface area contributed by atoms with Gasteiger partial charge in [-0.25, -0.2) is 4.98 Å². The fourth-order valence-corrected chi connectivity index (χ4v) is 4.33. The van der Waals surface area contributed by atoms with Crippen molar-refractivity contribution in [2.24, 2.45) is 11.8 Å². The Bertz CT molecular complexity index is 654. The van der Waals surface area contributed by atoms with Crippen molar-refractivity contribution in [2.75, 3.05) is 52.5 Å². The lowest BCUT2D eigenvalue weighted by Crippen LogP contribution is -2.42. The number of amides is 1. The van der Waals surface area contributed by atoms with E-state index in [-0.39, 0.29) is 5.92 Å². The monoisotopic (exact) mass is 373 g/mol. The molecule has 1 aromatic heterocycles. The fourth-order valence-electron chi connectivity index (χ4n) is 4.33. The molecule has 1 aliphatic carbocycles. The molecule has 4 rings (SSSR count). The third-order valence-electron chi connectivity index (χ3n) is 6.11. The summed E-state index contributed by atoms with van der Waals surface area (Å²) in [6.07, 6.45) is 3.83. The Morgan fingerprint density at radius 3 is 2.74 bits per heavy atom. The van der Waals surface area contributed by atoms with Gasteiger partial charge in [-0.15, -0.1) is 0 Å². The Balaban J connectivity index is 1.29. The van der Waals surface area contributed by atoms with E-state index in [1.807, 2.05) is 6.07 Å². The summed E-state index contributed by atoms with van der Waals surface area (Å²) in [5.41, 5.74) is 2.35. The number of carbonyl (C=O) groups is 1. The molecule has 0 bridgehead atoms. The van der Waals surface area contributed by atoms with Gasteiger partial charge in [-0.2, -0.15) is 0 Å². The molecular weight excluding hydrogens is 342 g/mol. The van der Waals surface area contributed by atoms with Crippen LogP contribution in [0, 0.1) is 11.8 Å². The van der Waals surface area contributed by atoms with Gasteiger partial charge in [-0.1, -0.05) is 13.0 Å².